The van der Waals surface area contributed by atoms with Crippen LogP contribution in [0.2, 0.25) is 0 Å². The zero-order valence-corrected chi connectivity index (χ0v) is 18.1. The van der Waals surface area contributed by atoms with Crippen molar-refractivity contribution in [3.63, 3.8) is 0 Å². The summed E-state index contributed by atoms with van der Waals surface area (Å²) in [5.41, 5.74) is 3.08. The molecule has 0 aromatic carbocycles. The van der Waals surface area contributed by atoms with Gasteiger partial charge in [-0.25, -0.2) is 4.98 Å². The Balaban J connectivity index is 1.30. The van der Waals surface area contributed by atoms with E-state index < -0.39 is 11.9 Å². The van der Waals surface area contributed by atoms with Gasteiger partial charge in [-0.15, -0.1) is 0 Å². The van der Waals surface area contributed by atoms with Gasteiger partial charge in [-0.1, -0.05) is 0 Å². The molecule has 32 heavy (non-hydrogen) atoms. The molecular weight excluding hydrogens is 421 g/mol. The normalized spacial score (nSPS) is 16.0. The van der Waals surface area contributed by atoms with E-state index in [9.17, 15) is 18.0 Å². The number of hydrogen-bond acceptors (Lipinski definition) is 4. The molecular formula is C22H25F3N6O. The maximum Gasteiger partial charge on any atom is 0.433 e. The summed E-state index contributed by atoms with van der Waals surface area (Å²) in [6.45, 7) is 2.20. The number of alkyl halides is 3. The Hall–Kier alpha value is -2.91. The van der Waals surface area contributed by atoms with Crippen LogP contribution < -0.4 is 5.32 Å². The summed E-state index contributed by atoms with van der Waals surface area (Å²) in [5, 5.41) is 12.2. The van der Waals surface area contributed by atoms with E-state index in [1.165, 1.54) is 0 Å². The number of carbonyl (C=O) groups excluding carboxylic acids is 1. The highest BCUT2D eigenvalue weighted by molar-refractivity contribution is 6.06. The van der Waals surface area contributed by atoms with Crippen molar-refractivity contribution in [1.82, 2.24) is 29.9 Å². The minimum atomic E-state index is -4.42. The monoisotopic (exact) mass is 446 g/mol. The van der Waals surface area contributed by atoms with Crippen LogP contribution in [0.5, 0.6) is 0 Å². The smallest absolute Gasteiger partial charge is 0.352 e. The average molecular weight is 446 g/mol. The summed E-state index contributed by atoms with van der Waals surface area (Å²) in [7, 11) is 1.81. The van der Waals surface area contributed by atoms with Crippen LogP contribution in [0, 0.1) is 6.92 Å². The molecule has 1 fully saturated rings. The van der Waals surface area contributed by atoms with Gasteiger partial charge in [-0.3, -0.25) is 14.2 Å². The second-order valence-corrected chi connectivity index (χ2v) is 8.73. The first-order chi connectivity index (χ1) is 15.2. The van der Waals surface area contributed by atoms with Gasteiger partial charge in [-0.2, -0.15) is 23.4 Å². The van der Waals surface area contributed by atoms with Gasteiger partial charge < -0.3 is 5.32 Å². The maximum atomic E-state index is 13.5. The van der Waals surface area contributed by atoms with Gasteiger partial charge in [0.05, 0.1) is 22.3 Å². The molecule has 3 heterocycles. The van der Waals surface area contributed by atoms with E-state index in [0.29, 0.717) is 54.1 Å². The largest absolute Gasteiger partial charge is 0.433 e. The Labute approximate surface area is 183 Å². The topological polar surface area (TPSA) is 77.6 Å². The Morgan fingerprint density at radius 1 is 1.25 bits per heavy atom. The van der Waals surface area contributed by atoms with Crippen molar-refractivity contribution >= 4 is 16.9 Å². The number of fused-ring (bicyclic) bond motifs is 2. The molecule has 7 nitrogen and oxygen atoms in total. The van der Waals surface area contributed by atoms with Gasteiger partial charge >= 0.3 is 6.18 Å². The molecule has 1 N–H and O–H groups in total. The lowest BCUT2D eigenvalue weighted by atomic mass is 10.1. The zero-order chi connectivity index (χ0) is 22.6. The SMILES string of the molecule is Cc1nn(C)c2nc(C3CC3)cc(C(=O)NCCCn3nc4c(c3C(F)(F)F)CCC4)c12. The highest BCUT2D eigenvalue weighted by atomic mass is 19.4. The van der Waals surface area contributed by atoms with Gasteiger partial charge in [0.1, 0.15) is 5.69 Å². The van der Waals surface area contributed by atoms with E-state index in [2.05, 4.69) is 15.5 Å². The summed E-state index contributed by atoms with van der Waals surface area (Å²) < 4.78 is 43.4. The molecule has 3 aromatic heterocycles. The van der Waals surface area contributed by atoms with Crippen molar-refractivity contribution in [3.05, 3.63) is 40.0 Å². The third-order valence-electron chi connectivity index (χ3n) is 6.30. The predicted molar refractivity (Wildman–Crippen MR) is 111 cm³/mol. The number of halogens is 3. The van der Waals surface area contributed by atoms with Crippen molar-refractivity contribution in [2.75, 3.05) is 6.54 Å². The molecule has 0 aliphatic heterocycles. The highest BCUT2D eigenvalue weighted by Gasteiger charge is 2.40. The molecule has 0 atom stereocenters. The van der Waals surface area contributed by atoms with Gasteiger partial charge in [-0.05, 0) is 51.5 Å². The van der Waals surface area contributed by atoms with Crippen molar-refractivity contribution in [3.8, 4) is 0 Å². The van der Waals surface area contributed by atoms with E-state index in [-0.39, 0.29) is 19.0 Å². The fourth-order valence-corrected chi connectivity index (χ4v) is 4.68. The summed E-state index contributed by atoms with van der Waals surface area (Å²) in [5.74, 6) is 0.123. The zero-order valence-electron chi connectivity index (χ0n) is 18.1. The van der Waals surface area contributed by atoms with Crippen molar-refractivity contribution in [2.24, 2.45) is 7.05 Å². The van der Waals surface area contributed by atoms with Gasteiger partial charge in [0.25, 0.3) is 5.91 Å². The summed E-state index contributed by atoms with van der Waals surface area (Å²) in [6, 6.07) is 1.84. The second-order valence-electron chi connectivity index (χ2n) is 8.73. The summed E-state index contributed by atoms with van der Waals surface area (Å²) in [6.07, 6.45) is -0.216. The van der Waals surface area contributed by atoms with Crippen molar-refractivity contribution < 1.29 is 18.0 Å². The second kappa shape index (κ2) is 7.60. The van der Waals surface area contributed by atoms with Crippen LogP contribution in [-0.4, -0.2) is 37.0 Å². The lowest BCUT2D eigenvalue weighted by molar-refractivity contribution is -0.144. The molecule has 1 saturated carbocycles. The number of rotatable bonds is 6. The Kier molecular flexibility index (Phi) is 4.98. The minimum absolute atomic E-state index is 0.104. The third-order valence-corrected chi connectivity index (χ3v) is 6.30. The van der Waals surface area contributed by atoms with E-state index in [4.69, 9.17) is 4.98 Å². The Bertz CT molecular complexity index is 1200. The summed E-state index contributed by atoms with van der Waals surface area (Å²) in [4.78, 5) is 17.7. The molecule has 0 radical (unpaired) electrons. The number of aromatic nitrogens is 5. The molecule has 3 aromatic rings. The van der Waals surface area contributed by atoms with E-state index in [1.807, 2.05) is 13.0 Å². The molecule has 0 saturated heterocycles. The molecule has 5 rings (SSSR count). The van der Waals surface area contributed by atoms with Gasteiger partial charge in [0.15, 0.2) is 5.65 Å². The maximum absolute atomic E-state index is 13.5. The molecule has 1 amide bonds. The molecule has 170 valence electrons. The Morgan fingerprint density at radius 2 is 2.03 bits per heavy atom. The number of aryl methyl sites for hydroxylation is 4. The van der Waals surface area contributed by atoms with Crippen LogP contribution in [0.25, 0.3) is 11.0 Å². The molecule has 2 aliphatic rings. The minimum Gasteiger partial charge on any atom is -0.352 e. The number of carbonyl (C=O) groups is 1. The van der Waals surface area contributed by atoms with E-state index in [1.54, 1.807) is 11.7 Å². The molecule has 0 unspecified atom stereocenters. The first-order valence-electron chi connectivity index (χ1n) is 11.0. The molecule has 0 spiro atoms. The van der Waals surface area contributed by atoms with E-state index in [0.717, 1.165) is 34.3 Å². The quantitative estimate of drug-likeness (QED) is 0.586. The molecule has 10 heteroatoms. The lowest BCUT2D eigenvalue weighted by Crippen LogP contribution is -2.26. The van der Waals surface area contributed by atoms with Crippen LogP contribution in [0.1, 0.15) is 70.3 Å². The van der Waals surface area contributed by atoms with Crippen LogP contribution in [0.3, 0.4) is 0 Å². The van der Waals surface area contributed by atoms with Gasteiger partial charge in [0.2, 0.25) is 0 Å². The standard InChI is InChI=1S/C22H25F3N6O/c1-12-18-15(11-17(13-7-8-13)27-20(18)30(2)28-12)21(32)26-9-4-10-31-19(22(23,24)25)14-5-3-6-16(14)29-31/h11,13H,3-10H2,1-2H3,(H,26,32). The first-order valence-corrected chi connectivity index (χ1v) is 11.0. The van der Waals surface area contributed by atoms with Crippen molar-refractivity contribution in [1.29, 1.82) is 0 Å². The third kappa shape index (κ3) is 3.65. The predicted octanol–water partition coefficient (Wildman–Crippen LogP) is 3.68. The highest BCUT2D eigenvalue weighted by Crippen LogP contribution is 2.40. The molecule has 2 aliphatic carbocycles. The van der Waals surface area contributed by atoms with Crippen LogP contribution in [0.4, 0.5) is 13.2 Å². The number of pyridine rings is 1. The average Bonchev–Trinajstić information content (AvgIpc) is 3.28. The van der Waals surface area contributed by atoms with Crippen LogP contribution >= 0.6 is 0 Å². The summed E-state index contributed by atoms with van der Waals surface area (Å²) >= 11 is 0. The van der Waals surface area contributed by atoms with Crippen molar-refractivity contribution in [2.45, 2.75) is 64.1 Å². The fraction of sp³-hybridized carbons (Fsp3) is 0.545. The number of hydrogen-bond donors (Lipinski definition) is 1. The molecule has 0 bridgehead atoms. The number of amides is 1. The number of nitrogens with zero attached hydrogens (tertiary/aromatic N) is 5. The fourth-order valence-electron chi connectivity index (χ4n) is 4.68. The lowest BCUT2D eigenvalue weighted by Gasteiger charge is -2.13. The number of nitrogens with one attached hydrogen (secondary N) is 1. The Morgan fingerprint density at radius 3 is 2.75 bits per heavy atom. The van der Waals surface area contributed by atoms with Crippen LogP contribution in [0.15, 0.2) is 6.07 Å². The van der Waals surface area contributed by atoms with Gasteiger partial charge in [0, 0.05) is 37.3 Å². The van der Waals surface area contributed by atoms with Crippen LogP contribution in [-0.2, 0) is 32.6 Å². The van der Waals surface area contributed by atoms with E-state index >= 15 is 0 Å². The first kappa shape index (κ1) is 21.0.